The van der Waals surface area contributed by atoms with Crippen molar-refractivity contribution in [3.8, 4) is 0 Å². The normalized spacial score (nSPS) is 20.2. The minimum absolute atomic E-state index is 0.0315. The van der Waals surface area contributed by atoms with E-state index in [0.717, 1.165) is 12.0 Å². The first-order chi connectivity index (χ1) is 12.2. The fourth-order valence-corrected chi connectivity index (χ4v) is 3.17. The van der Waals surface area contributed by atoms with Gasteiger partial charge in [-0.1, -0.05) is 0 Å². The van der Waals surface area contributed by atoms with Gasteiger partial charge in [-0.05, 0) is 18.4 Å². The fourth-order valence-electron chi connectivity index (χ4n) is 3.17. The van der Waals surface area contributed by atoms with Crippen LogP contribution in [-0.4, -0.2) is 69.6 Å². The summed E-state index contributed by atoms with van der Waals surface area (Å²) in [4.78, 5) is 22.8. The molecule has 1 amide bonds. The summed E-state index contributed by atoms with van der Waals surface area (Å²) in [6, 6.07) is -0.0597. The van der Waals surface area contributed by atoms with Gasteiger partial charge >= 0.3 is 0 Å². The molecule has 0 aromatic carbocycles. The van der Waals surface area contributed by atoms with E-state index in [4.69, 9.17) is 9.47 Å². The van der Waals surface area contributed by atoms with Crippen molar-refractivity contribution in [3.63, 3.8) is 0 Å². The maximum Gasteiger partial charge on any atom is 0.274 e. The summed E-state index contributed by atoms with van der Waals surface area (Å²) in [5.74, 6) is -0.111. The minimum Gasteiger partial charge on any atom is -0.382 e. The lowest BCUT2D eigenvalue weighted by atomic mass is 10.0. The third-order valence-corrected chi connectivity index (χ3v) is 4.35. The Balaban J connectivity index is 1.76. The highest BCUT2D eigenvalue weighted by Gasteiger charge is 2.38. The molecule has 2 atom stereocenters. The van der Waals surface area contributed by atoms with Crippen LogP contribution in [0, 0.1) is 0 Å². The first-order valence-corrected chi connectivity index (χ1v) is 8.34. The van der Waals surface area contributed by atoms with Crippen LogP contribution in [0.25, 0.3) is 0 Å². The summed E-state index contributed by atoms with van der Waals surface area (Å²) in [5.41, 5.74) is 1.43. The second-order valence-corrected chi connectivity index (χ2v) is 6.07. The van der Waals surface area contributed by atoms with Gasteiger partial charge in [0.2, 0.25) is 0 Å². The molecule has 0 radical (unpaired) electrons. The van der Waals surface area contributed by atoms with Crippen molar-refractivity contribution >= 4 is 5.91 Å². The van der Waals surface area contributed by atoms with Gasteiger partial charge in [0.05, 0.1) is 37.8 Å². The number of rotatable bonds is 7. The predicted octanol–water partition coefficient (Wildman–Crippen LogP) is 0.699. The molecule has 8 nitrogen and oxygen atoms in total. The Morgan fingerprint density at radius 3 is 2.88 bits per heavy atom. The van der Waals surface area contributed by atoms with Gasteiger partial charge in [-0.15, -0.1) is 0 Å². The molecular weight excluding hydrogens is 322 g/mol. The quantitative estimate of drug-likeness (QED) is 0.687. The van der Waals surface area contributed by atoms with E-state index in [1.54, 1.807) is 18.0 Å². The number of nitrogens with zero attached hydrogens (tertiary/aromatic N) is 5. The number of methoxy groups -OCH3 is 1. The highest BCUT2D eigenvalue weighted by Crippen LogP contribution is 2.25. The number of aromatic nitrogens is 4. The molecule has 134 valence electrons. The Kier molecular flexibility index (Phi) is 5.72. The van der Waals surface area contributed by atoms with Crippen LogP contribution in [0.1, 0.15) is 22.5 Å². The number of ether oxygens (including phenoxy) is 2. The molecule has 2 aromatic heterocycles. The molecule has 1 aliphatic heterocycles. The van der Waals surface area contributed by atoms with E-state index in [0.29, 0.717) is 31.9 Å². The molecular formula is C17H23N5O3. The molecule has 1 saturated heterocycles. The first-order valence-electron chi connectivity index (χ1n) is 8.34. The maximum absolute atomic E-state index is 12.9. The van der Waals surface area contributed by atoms with Gasteiger partial charge in [0.1, 0.15) is 5.69 Å². The Hall–Kier alpha value is -2.32. The lowest BCUT2D eigenvalue weighted by Gasteiger charge is -2.27. The van der Waals surface area contributed by atoms with Gasteiger partial charge in [0.15, 0.2) is 0 Å². The van der Waals surface area contributed by atoms with Crippen molar-refractivity contribution in [2.75, 3.05) is 26.9 Å². The van der Waals surface area contributed by atoms with E-state index < -0.39 is 0 Å². The van der Waals surface area contributed by atoms with E-state index in [1.165, 1.54) is 12.4 Å². The Morgan fingerprint density at radius 2 is 2.20 bits per heavy atom. The van der Waals surface area contributed by atoms with Crippen molar-refractivity contribution in [1.82, 2.24) is 24.6 Å². The van der Waals surface area contributed by atoms with E-state index in [-0.39, 0.29) is 18.1 Å². The summed E-state index contributed by atoms with van der Waals surface area (Å²) in [6.07, 6.45) is 9.85. The summed E-state index contributed by atoms with van der Waals surface area (Å²) in [5, 5.41) is 4.22. The summed E-state index contributed by atoms with van der Waals surface area (Å²) >= 11 is 0. The third-order valence-electron chi connectivity index (χ3n) is 4.35. The average Bonchev–Trinajstić information content (AvgIpc) is 3.22. The first kappa shape index (κ1) is 17.5. The summed E-state index contributed by atoms with van der Waals surface area (Å²) in [7, 11) is 3.53. The lowest BCUT2D eigenvalue weighted by Crippen LogP contribution is -2.42. The lowest BCUT2D eigenvalue weighted by molar-refractivity contribution is 0.000410. The van der Waals surface area contributed by atoms with Crippen molar-refractivity contribution in [3.05, 3.63) is 42.2 Å². The molecule has 25 heavy (non-hydrogen) atoms. The van der Waals surface area contributed by atoms with Crippen molar-refractivity contribution < 1.29 is 14.3 Å². The van der Waals surface area contributed by atoms with Gasteiger partial charge in [0, 0.05) is 39.3 Å². The summed E-state index contributed by atoms with van der Waals surface area (Å²) < 4.78 is 12.8. The molecule has 0 saturated carbocycles. The largest absolute Gasteiger partial charge is 0.382 e. The van der Waals surface area contributed by atoms with Crippen LogP contribution in [-0.2, 0) is 22.9 Å². The molecule has 0 N–H and O–H groups in total. The molecule has 2 aromatic rings. The van der Waals surface area contributed by atoms with Crippen LogP contribution in [0.3, 0.4) is 0 Å². The Labute approximate surface area is 146 Å². The summed E-state index contributed by atoms with van der Waals surface area (Å²) in [6.45, 7) is 1.68. The molecule has 0 aliphatic carbocycles. The fraction of sp³-hybridized carbons (Fsp3) is 0.529. The maximum atomic E-state index is 12.9. The van der Waals surface area contributed by atoms with Gasteiger partial charge in [-0.25, -0.2) is 4.98 Å². The van der Waals surface area contributed by atoms with Crippen molar-refractivity contribution in [2.24, 2.45) is 7.05 Å². The highest BCUT2D eigenvalue weighted by molar-refractivity contribution is 5.92. The minimum atomic E-state index is -0.111. The van der Waals surface area contributed by atoms with Gasteiger partial charge in [-0.2, -0.15) is 5.10 Å². The molecule has 1 fully saturated rings. The number of carbonyl (C=O) groups excluding carboxylic acids is 1. The molecule has 3 rings (SSSR count). The second-order valence-electron chi connectivity index (χ2n) is 6.07. The van der Waals surface area contributed by atoms with E-state index in [1.807, 2.05) is 24.3 Å². The number of likely N-dealkylation sites (tertiary alicyclic amines) is 1. The molecule has 8 heteroatoms. The molecule has 0 spiro atoms. The number of aryl methyl sites for hydroxylation is 1. The number of hydrogen-bond donors (Lipinski definition) is 0. The van der Waals surface area contributed by atoms with E-state index in [2.05, 4.69) is 15.1 Å². The van der Waals surface area contributed by atoms with Gasteiger partial charge in [0.25, 0.3) is 5.91 Å². The van der Waals surface area contributed by atoms with Crippen LogP contribution in [0.4, 0.5) is 0 Å². The van der Waals surface area contributed by atoms with E-state index in [9.17, 15) is 4.79 Å². The van der Waals surface area contributed by atoms with Crippen LogP contribution in [0.5, 0.6) is 0 Å². The van der Waals surface area contributed by atoms with Crippen molar-refractivity contribution in [2.45, 2.75) is 25.0 Å². The SMILES string of the molecule is COCCO[C@H]1CCN(C(=O)c2cnccn2)[C@H]1Cc1cnn(C)c1. The molecule has 3 heterocycles. The standard InChI is InChI=1S/C17H23N5O3/c1-21-12-13(10-20-21)9-15-16(25-8-7-24-2)3-6-22(15)17(23)14-11-18-4-5-19-14/h4-5,10-12,15-16H,3,6-9H2,1-2H3/t15-,16-/m0/s1. The average molecular weight is 345 g/mol. The molecule has 0 unspecified atom stereocenters. The Morgan fingerprint density at radius 1 is 1.32 bits per heavy atom. The number of amides is 1. The molecule has 0 bridgehead atoms. The topological polar surface area (TPSA) is 82.4 Å². The highest BCUT2D eigenvalue weighted by atomic mass is 16.5. The number of carbonyl (C=O) groups is 1. The van der Waals surface area contributed by atoms with Crippen molar-refractivity contribution in [1.29, 1.82) is 0 Å². The zero-order valence-corrected chi connectivity index (χ0v) is 14.5. The van der Waals surface area contributed by atoms with Gasteiger partial charge in [-0.3, -0.25) is 14.5 Å². The Bertz CT molecular complexity index is 691. The number of hydrogen-bond acceptors (Lipinski definition) is 6. The zero-order valence-electron chi connectivity index (χ0n) is 14.5. The molecule has 1 aliphatic rings. The third kappa shape index (κ3) is 4.21. The van der Waals surface area contributed by atoms with Crippen LogP contribution < -0.4 is 0 Å². The van der Waals surface area contributed by atoms with Crippen LogP contribution in [0.15, 0.2) is 31.0 Å². The van der Waals surface area contributed by atoms with E-state index >= 15 is 0 Å². The van der Waals surface area contributed by atoms with Gasteiger partial charge < -0.3 is 14.4 Å². The second kappa shape index (κ2) is 8.17. The van der Waals surface area contributed by atoms with Crippen LogP contribution >= 0.6 is 0 Å². The van der Waals surface area contributed by atoms with Crippen LogP contribution in [0.2, 0.25) is 0 Å². The smallest absolute Gasteiger partial charge is 0.274 e. The predicted molar refractivity (Wildman–Crippen MR) is 90.0 cm³/mol. The monoisotopic (exact) mass is 345 g/mol. The zero-order chi connectivity index (χ0) is 17.6.